The number of rotatable bonds is 6. The Morgan fingerprint density at radius 1 is 1.10 bits per heavy atom. The Morgan fingerprint density at radius 2 is 1.75 bits per heavy atom. The SMILES string of the molecule is CCOC1(C(O)CCc2ccccc2)CCCCCC1. The second-order valence-electron chi connectivity index (χ2n) is 5.95. The highest BCUT2D eigenvalue weighted by Crippen LogP contribution is 2.35. The smallest absolute Gasteiger partial charge is 0.0940 e. The van der Waals surface area contributed by atoms with Gasteiger partial charge in [0.15, 0.2) is 0 Å². The molecule has 1 saturated carbocycles. The lowest BCUT2D eigenvalue weighted by atomic mass is 9.85. The first-order chi connectivity index (χ1) is 9.77. The fourth-order valence-corrected chi connectivity index (χ4v) is 3.40. The molecule has 1 unspecified atom stereocenters. The second-order valence-corrected chi connectivity index (χ2v) is 5.95. The third kappa shape index (κ3) is 4.07. The summed E-state index contributed by atoms with van der Waals surface area (Å²) >= 11 is 0. The maximum Gasteiger partial charge on any atom is 0.0940 e. The molecule has 1 aliphatic rings. The summed E-state index contributed by atoms with van der Waals surface area (Å²) in [6, 6.07) is 10.4. The van der Waals surface area contributed by atoms with Crippen molar-refractivity contribution in [1.82, 2.24) is 0 Å². The van der Waals surface area contributed by atoms with Crippen LogP contribution >= 0.6 is 0 Å². The van der Waals surface area contributed by atoms with Crippen LogP contribution in [0, 0.1) is 0 Å². The Bertz CT molecular complexity index is 366. The monoisotopic (exact) mass is 276 g/mol. The summed E-state index contributed by atoms with van der Waals surface area (Å²) in [6.45, 7) is 2.74. The van der Waals surface area contributed by atoms with Crippen LogP contribution in [0.4, 0.5) is 0 Å². The van der Waals surface area contributed by atoms with Crippen molar-refractivity contribution in [1.29, 1.82) is 0 Å². The van der Waals surface area contributed by atoms with Crippen LogP contribution < -0.4 is 0 Å². The van der Waals surface area contributed by atoms with E-state index in [9.17, 15) is 5.11 Å². The van der Waals surface area contributed by atoms with Gasteiger partial charge in [0.2, 0.25) is 0 Å². The zero-order valence-corrected chi connectivity index (χ0v) is 12.7. The van der Waals surface area contributed by atoms with Crippen LogP contribution in [0.15, 0.2) is 30.3 Å². The van der Waals surface area contributed by atoms with Gasteiger partial charge < -0.3 is 9.84 Å². The minimum atomic E-state index is -0.347. The van der Waals surface area contributed by atoms with Crippen LogP contribution in [-0.2, 0) is 11.2 Å². The molecule has 1 fully saturated rings. The predicted octanol–water partition coefficient (Wildman–Crippen LogP) is 4.11. The Labute approximate surface area is 123 Å². The molecule has 1 N–H and O–H groups in total. The number of aryl methyl sites for hydroxylation is 1. The molecule has 20 heavy (non-hydrogen) atoms. The van der Waals surface area contributed by atoms with Crippen LogP contribution in [0.1, 0.15) is 57.4 Å². The summed E-state index contributed by atoms with van der Waals surface area (Å²) in [5.41, 5.74) is 1.01. The van der Waals surface area contributed by atoms with Crippen LogP contribution in [-0.4, -0.2) is 23.4 Å². The van der Waals surface area contributed by atoms with Gasteiger partial charge >= 0.3 is 0 Å². The average Bonchev–Trinajstić information content (AvgIpc) is 2.73. The molecule has 0 amide bonds. The van der Waals surface area contributed by atoms with E-state index in [4.69, 9.17) is 4.74 Å². The van der Waals surface area contributed by atoms with Gasteiger partial charge in [0.25, 0.3) is 0 Å². The molecular formula is C18H28O2. The highest BCUT2D eigenvalue weighted by Gasteiger charge is 2.38. The summed E-state index contributed by atoms with van der Waals surface area (Å²) < 4.78 is 6.05. The van der Waals surface area contributed by atoms with Gasteiger partial charge in [-0.15, -0.1) is 0 Å². The van der Waals surface area contributed by atoms with E-state index < -0.39 is 0 Å². The molecule has 112 valence electrons. The van der Waals surface area contributed by atoms with E-state index in [-0.39, 0.29) is 11.7 Å². The lowest BCUT2D eigenvalue weighted by Gasteiger charge is -2.37. The first-order valence-corrected chi connectivity index (χ1v) is 8.13. The molecule has 0 radical (unpaired) electrons. The summed E-state index contributed by atoms with van der Waals surface area (Å²) in [6.07, 6.45) is 8.32. The van der Waals surface area contributed by atoms with Crippen LogP contribution in [0.5, 0.6) is 0 Å². The van der Waals surface area contributed by atoms with Crippen molar-refractivity contribution in [3.8, 4) is 0 Å². The molecule has 2 heteroatoms. The second kappa shape index (κ2) is 7.80. The molecule has 0 aromatic heterocycles. The molecule has 1 aliphatic carbocycles. The Morgan fingerprint density at radius 3 is 2.35 bits per heavy atom. The standard InChI is InChI=1S/C18H28O2/c1-2-20-18(14-8-3-4-9-15-18)17(19)13-12-16-10-6-5-7-11-16/h5-7,10-11,17,19H,2-4,8-9,12-15H2,1H3. The summed E-state index contributed by atoms with van der Waals surface area (Å²) in [5, 5.41) is 10.7. The molecule has 2 nitrogen and oxygen atoms in total. The Hall–Kier alpha value is -0.860. The molecule has 1 aromatic carbocycles. The molecule has 0 heterocycles. The lowest BCUT2D eigenvalue weighted by Crippen LogP contribution is -2.45. The normalized spacial score (nSPS) is 20.3. The summed E-state index contributed by atoms with van der Waals surface area (Å²) in [5.74, 6) is 0. The Balaban J connectivity index is 1.97. The third-order valence-corrected chi connectivity index (χ3v) is 4.54. The number of aliphatic hydroxyl groups excluding tert-OH is 1. The number of ether oxygens (including phenoxy) is 1. The number of aliphatic hydroxyl groups is 1. The van der Waals surface area contributed by atoms with E-state index in [0.717, 1.165) is 25.7 Å². The van der Waals surface area contributed by atoms with Crippen molar-refractivity contribution in [2.75, 3.05) is 6.61 Å². The first kappa shape index (κ1) is 15.5. The van der Waals surface area contributed by atoms with Gasteiger partial charge in [-0.3, -0.25) is 0 Å². The number of benzene rings is 1. The van der Waals surface area contributed by atoms with Gasteiger partial charge in [0.05, 0.1) is 11.7 Å². The van der Waals surface area contributed by atoms with Crippen molar-refractivity contribution >= 4 is 0 Å². The van der Waals surface area contributed by atoms with Crippen molar-refractivity contribution in [2.24, 2.45) is 0 Å². The third-order valence-electron chi connectivity index (χ3n) is 4.54. The lowest BCUT2D eigenvalue weighted by molar-refractivity contribution is -0.131. The Kier molecular flexibility index (Phi) is 6.06. The van der Waals surface area contributed by atoms with E-state index in [0.29, 0.717) is 6.61 Å². The summed E-state index contributed by atoms with van der Waals surface area (Å²) in [4.78, 5) is 0. The van der Waals surface area contributed by atoms with Gasteiger partial charge in [-0.25, -0.2) is 0 Å². The van der Waals surface area contributed by atoms with E-state index in [2.05, 4.69) is 24.3 Å². The van der Waals surface area contributed by atoms with E-state index >= 15 is 0 Å². The zero-order chi connectivity index (χ0) is 14.3. The molecule has 1 aromatic rings. The highest BCUT2D eigenvalue weighted by molar-refractivity contribution is 5.15. The van der Waals surface area contributed by atoms with E-state index in [1.165, 1.54) is 31.2 Å². The fourth-order valence-electron chi connectivity index (χ4n) is 3.40. The average molecular weight is 276 g/mol. The minimum absolute atomic E-state index is 0.292. The quantitative estimate of drug-likeness (QED) is 0.792. The van der Waals surface area contributed by atoms with Gasteiger partial charge in [0, 0.05) is 6.61 Å². The van der Waals surface area contributed by atoms with Crippen molar-refractivity contribution in [3.05, 3.63) is 35.9 Å². The van der Waals surface area contributed by atoms with Crippen LogP contribution in [0.2, 0.25) is 0 Å². The van der Waals surface area contributed by atoms with Crippen LogP contribution in [0.3, 0.4) is 0 Å². The predicted molar refractivity (Wildman–Crippen MR) is 82.8 cm³/mol. The van der Waals surface area contributed by atoms with Crippen molar-refractivity contribution in [2.45, 2.75) is 70.0 Å². The molecular weight excluding hydrogens is 248 g/mol. The summed E-state index contributed by atoms with van der Waals surface area (Å²) in [7, 11) is 0. The van der Waals surface area contributed by atoms with Gasteiger partial charge in [-0.1, -0.05) is 56.0 Å². The highest BCUT2D eigenvalue weighted by atomic mass is 16.5. The number of hydrogen-bond acceptors (Lipinski definition) is 2. The maximum atomic E-state index is 10.7. The van der Waals surface area contributed by atoms with Crippen molar-refractivity contribution < 1.29 is 9.84 Å². The van der Waals surface area contributed by atoms with Crippen LogP contribution in [0.25, 0.3) is 0 Å². The largest absolute Gasteiger partial charge is 0.390 e. The molecule has 0 aliphatic heterocycles. The van der Waals surface area contributed by atoms with Crippen molar-refractivity contribution in [3.63, 3.8) is 0 Å². The topological polar surface area (TPSA) is 29.5 Å². The number of hydrogen-bond donors (Lipinski definition) is 1. The fraction of sp³-hybridized carbons (Fsp3) is 0.667. The van der Waals surface area contributed by atoms with Gasteiger partial charge in [-0.05, 0) is 38.2 Å². The molecule has 2 rings (SSSR count). The van der Waals surface area contributed by atoms with Gasteiger partial charge in [-0.2, -0.15) is 0 Å². The molecule has 0 saturated heterocycles. The maximum absolute atomic E-state index is 10.7. The first-order valence-electron chi connectivity index (χ1n) is 8.13. The zero-order valence-electron chi connectivity index (χ0n) is 12.7. The van der Waals surface area contributed by atoms with E-state index in [1.54, 1.807) is 0 Å². The van der Waals surface area contributed by atoms with Gasteiger partial charge in [0.1, 0.15) is 0 Å². The van der Waals surface area contributed by atoms with E-state index in [1.807, 2.05) is 13.0 Å². The molecule has 0 spiro atoms. The minimum Gasteiger partial charge on any atom is -0.390 e. The molecule has 0 bridgehead atoms. The molecule has 1 atom stereocenters.